The highest BCUT2D eigenvalue weighted by Gasteiger charge is 2.08. The minimum Gasteiger partial charge on any atom is -0.497 e. The number of amides is 2. The van der Waals surface area contributed by atoms with Crippen LogP contribution in [0.5, 0.6) is 5.75 Å². The average molecular weight is 280 g/mol. The van der Waals surface area contributed by atoms with Crippen LogP contribution < -0.4 is 15.4 Å². The quantitative estimate of drug-likeness (QED) is 0.683. The lowest BCUT2D eigenvalue weighted by Gasteiger charge is -2.07. The van der Waals surface area contributed by atoms with Gasteiger partial charge in [0, 0.05) is 25.8 Å². The normalized spacial score (nSPS) is 9.90. The molecule has 0 unspecified atom stereocenters. The second-order valence-electron chi connectivity index (χ2n) is 4.11. The number of ether oxygens (including phenoxy) is 2. The summed E-state index contributed by atoms with van der Waals surface area (Å²) in [5, 5.41) is 5.24. The number of nitrogens with one attached hydrogen (secondary N) is 2. The van der Waals surface area contributed by atoms with Crippen LogP contribution in [0.1, 0.15) is 16.8 Å². The lowest BCUT2D eigenvalue weighted by atomic mass is 10.2. The zero-order chi connectivity index (χ0) is 14.8. The predicted molar refractivity (Wildman–Crippen MR) is 74.8 cm³/mol. The fraction of sp³-hybridized carbons (Fsp3) is 0.429. The first kappa shape index (κ1) is 16.0. The maximum Gasteiger partial charge on any atom is 0.251 e. The van der Waals surface area contributed by atoms with Crippen LogP contribution in [0.15, 0.2) is 24.3 Å². The Kier molecular flexibility index (Phi) is 7.13. The molecule has 0 spiro atoms. The molecule has 0 saturated heterocycles. The lowest BCUT2D eigenvalue weighted by molar-refractivity contribution is -0.120. The Morgan fingerprint density at radius 3 is 2.70 bits per heavy atom. The van der Waals surface area contributed by atoms with Gasteiger partial charge in [-0.15, -0.1) is 0 Å². The molecule has 6 nitrogen and oxygen atoms in total. The number of carbonyl (C=O) groups is 2. The van der Waals surface area contributed by atoms with Crippen LogP contribution in [0.25, 0.3) is 0 Å². The summed E-state index contributed by atoms with van der Waals surface area (Å²) in [6, 6.07) is 6.75. The van der Waals surface area contributed by atoms with E-state index in [1.54, 1.807) is 31.4 Å². The first-order chi connectivity index (χ1) is 9.67. The molecule has 0 fully saturated rings. The molecule has 1 aromatic rings. The smallest absolute Gasteiger partial charge is 0.251 e. The maximum atomic E-state index is 11.8. The predicted octanol–water partition coefficient (Wildman–Crippen LogP) is 0.578. The lowest BCUT2D eigenvalue weighted by Crippen LogP contribution is -2.37. The van der Waals surface area contributed by atoms with Gasteiger partial charge in [0.25, 0.3) is 5.91 Å². The molecule has 0 saturated carbocycles. The second-order valence-corrected chi connectivity index (χ2v) is 4.11. The molecule has 0 heterocycles. The molecule has 1 rings (SSSR count). The Balaban J connectivity index is 2.33. The summed E-state index contributed by atoms with van der Waals surface area (Å²) in [4.78, 5) is 23.3. The standard InChI is InChI=1S/C14H20N2O4/c1-19-8-4-7-15-13(17)10-16-14(18)11-5-3-6-12(9-11)20-2/h3,5-6,9H,4,7-8,10H2,1-2H3,(H,15,17)(H,16,18). The van der Waals surface area contributed by atoms with Crippen LogP contribution >= 0.6 is 0 Å². The van der Waals surface area contributed by atoms with Gasteiger partial charge in [0.1, 0.15) is 5.75 Å². The van der Waals surface area contributed by atoms with E-state index in [1.165, 1.54) is 7.11 Å². The van der Waals surface area contributed by atoms with Crippen molar-refractivity contribution in [2.24, 2.45) is 0 Å². The molecule has 6 heteroatoms. The number of hydrogen-bond acceptors (Lipinski definition) is 4. The third-order valence-corrected chi connectivity index (χ3v) is 2.59. The van der Waals surface area contributed by atoms with E-state index in [0.29, 0.717) is 24.5 Å². The van der Waals surface area contributed by atoms with Gasteiger partial charge in [-0.2, -0.15) is 0 Å². The topological polar surface area (TPSA) is 76.7 Å². The molecule has 0 aliphatic carbocycles. The third-order valence-electron chi connectivity index (χ3n) is 2.59. The zero-order valence-corrected chi connectivity index (χ0v) is 11.8. The second kappa shape index (κ2) is 8.92. The highest BCUT2D eigenvalue weighted by molar-refractivity contribution is 5.96. The summed E-state index contributed by atoms with van der Waals surface area (Å²) < 4.78 is 9.90. The largest absolute Gasteiger partial charge is 0.497 e. The fourth-order valence-electron chi connectivity index (χ4n) is 1.53. The van der Waals surface area contributed by atoms with Crippen molar-refractivity contribution < 1.29 is 19.1 Å². The highest BCUT2D eigenvalue weighted by Crippen LogP contribution is 2.12. The number of benzene rings is 1. The van der Waals surface area contributed by atoms with E-state index in [9.17, 15) is 9.59 Å². The van der Waals surface area contributed by atoms with Gasteiger partial charge in [0.15, 0.2) is 0 Å². The Morgan fingerprint density at radius 1 is 1.20 bits per heavy atom. The van der Waals surface area contributed by atoms with Crippen LogP contribution in [0.4, 0.5) is 0 Å². The zero-order valence-electron chi connectivity index (χ0n) is 11.8. The van der Waals surface area contributed by atoms with Crippen LogP contribution in [0, 0.1) is 0 Å². The van der Waals surface area contributed by atoms with Gasteiger partial charge in [-0.25, -0.2) is 0 Å². The molecule has 0 atom stereocenters. The van der Waals surface area contributed by atoms with E-state index < -0.39 is 0 Å². The summed E-state index contributed by atoms with van der Waals surface area (Å²) in [6.45, 7) is 1.07. The molecular formula is C14H20N2O4. The van der Waals surface area contributed by atoms with Gasteiger partial charge < -0.3 is 20.1 Å². The number of carbonyl (C=O) groups excluding carboxylic acids is 2. The van der Waals surface area contributed by atoms with Crippen molar-refractivity contribution in [1.29, 1.82) is 0 Å². The molecular weight excluding hydrogens is 260 g/mol. The molecule has 110 valence electrons. The summed E-state index contributed by atoms with van der Waals surface area (Å²) in [5.74, 6) is 0.0648. The van der Waals surface area contributed by atoms with Crippen molar-refractivity contribution in [1.82, 2.24) is 10.6 Å². The van der Waals surface area contributed by atoms with Crippen LogP contribution in [0.3, 0.4) is 0 Å². The van der Waals surface area contributed by atoms with Crippen molar-refractivity contribution in [3.05, 3.63) is 29.8 Å². The van der Waals surface area contributed by atoms with E-state index in [2.05, 4.69) is 10.6 Å². The minimum absolute atomic E-state index is 0.0526. The van der Waals surface area contributed by atoms with Gasteiger partial charge in [-0.3, -0.25) is 9.59 Å². The summed E-state index contributed by atoms with van der Waals surface area (Å²) in [6.07, 6.45) is 0.742. The number of rotatable bonds is 8. The van der Waals surface area contributed by atoms with E-state index in [1.807, 2.05) is 0 Å². The Bertz CT molecular complexity index is 449. The Hall–Kier alpha value is -2.08. The maximum absolute atomic E-state index is 11.8. The summed E-state index contributed by atoms with van der Waals surface area (Å²) in [5.41, 5.74) is 0.455. The van der Waals surface area contributed by atoms with Crippen molar-refractivity contribution in [3.8, 4) is 5.75 Å². The Morgan fingerprint density at radius 2 is 2.00 bits per heavy atom. The minimum atomic E-state index is -0.309. The van der Waals surface area contributed by atoms with E-state index >= 15 is 0 Å². The van der Waals surface area contributed by atoms with Crippen molar-refractivity contribution >= 4 is 11.8 Å². The molecule has 1 aromatic carbocycles. The molecule has 0 bridgehead atoms. The number of methoxy groups -OCH3 is 2. The van der Waals surface area contributed by atoms with Crippen molar-refractivity contribution in [3.63, 3.8) is 0 Å². The van der Waals surface area contributed by atoms with E-state index in [0.717, 1.165) is 6.42 Å². The fourth-order valence-corrected chi connectivity index (χ4v) is 1.53. The SMILES string of the molecule is COCCCNC(=O)CNC(=O)c1cccc(OC)c1. The molecule has 20 heavy (non-hydrogen) atoms. The molecule has 0 aliphatic rings. The van der Waals surface area contributed by atoms with Crippen LogP contribution in [0.2, 0.25) is 0 Å². The van der Waals surface area contributed by atoms with Gasteiger partial charge >= 0.3 is 0 Å². The van der Waals surface area contributed by atoms with Gasteiger partial charge in [-0.05, 0) is 24.6 Å². The van der Waals surface area contributed by atoms with E-state index in [4.69, 9.17) is 9.47 Å². The van der Waals surface area contributed by atoms with Crippen molar-refractivity contribution in [2.75, 3.05) is 33.9 Å². The third kappa shape index (κ3) is 5.71. The molecule has 0 radical (unpaired) electrons. The van der Waals surface area contributed by atoms with Gasteiger partial charge in [-0.1, -0.05) is 6.07 Å². The van der Waals surface area contributed by atoms with Gasteiger partial charge in [0.05, 0.1) is 13.7 Å². The summed E-state index contributed by atoms with van der Waals surface area (Å²) >= 11 is 0. The molecule has 0 aliphatic heterocycles. The van der Waals surface area contributed by atoms with E-state index in [-0.39, 0.29) is 18.4 Å². The first-order valence-corrected chi connectivity index (χ1v) is 6.35. The highest BCUT2D eigenvalue weighted by atomic mass is 16.5. The van der Waals surface area contributed by atoms with Crippen LogP contribution in [-0.4, -0.2) is 45.7 Å². The molecule has 2 N–H and O–H groups in total. The first-order valence-electron chi connectivity index (χ1n) is 6.35. The Labute approximate surface area is 118 Å². The van der Waals surface area contributed by atoms with Crippen LogP contribution in [-0.2, 0) is 9.53 Å². The van der Waals surface area contributed by atoms with Gasteiger partial charge in [0.2, 0.25) is 5.91 Å². The average Bonchev–Trinajstić information content (AvgIpc) is 2.49. The molecule has 0 aromatic heterocycles. The number of hydrogen-bond donors (Lipinski definition) is 2. The molecule has 2 amide bonds. The van der Waals surface area contributed by atoms with Crippen molar-refractivity contribution in [2.45, 2.75) is 6.42 Å². The summed E-state index contributed by atoms with van der Waals surface area (Å²) in [7, 11) is 3.14. The monoisotopic (exact) mass is 280 g/mol.